The van der Waals surface area contributed by atoms with Gasteiger partial charge in [-0.2, -0.15) is 24.9 Å². The molecule has 0 aromatic carbocycles. The number of nitrogens with zero attached hydrogens (tertiary/aromatic N) is 2. The Balaban J connectivity index is 2.47. The first kappa shape index (κ1) is 17.4. The fraction of sp³-hybridized carbons (Fsp3) is 0.769. The van der Waals surface area contributed by atoms with Crippen LogP contribution in [0.3, 0.4) is 0 Å². The molecule has 1 aliphatic rings. The topological polar surface area (TPSA) is 23.6 Å². The number of alkyl halides is 3. The van der Waals surface area contributed by atoms with Crippen LogP contribution in [0, 0.1) is 0 Å². The van der Waals surface area contributed by atoms with Crippen LogP contribution in [-0.4, -0.2) is 65.6 Å². The summed E-state index contributed by atoms with van der Waals surface area (Å²) in [5.74, 6) is 1.65. The van der Waals surface area contributed by atoms with Crippen LogP contribution >= 0.6 is 11.8 Å². The Hall–Kier alpha value is -0.690. The SMILES string of the molecule is CN(C/C=C/C(=O)N1CCSCC1(C)C)CC(F)(F)F. The smallest absolute Gasteiger partial charge is 0.332 e. The number of likely N-dealkylation sites (N-methyl/N-ethyl adjacent to an activating group) is 1. The molecular formula is C13H21F3N2OS. The molecule has 0 saturated carbocycles. The second kappa shape index (κ2) is 6.85. The molecule has 0 atom stereocenters. The molecule has 1 rings (SSSR count). The molecule has 1 fully saturated rings. The Bertz CT molecular complexity index is 369. The van der Waals surface area contributed by atoms with E-state index in [1.54, 1.807) is 16.7 Å². The number of amides is 1. The Labute approximate surface area is 122 Å². The first-order chi connectivity index (χ1) is 9.12. The molecule has 1 heterocycles. The fourth-order valence-electron chi connectivity index (χ4n) is 2.06. The van der Waals surface area contributed by atoms with E-state index in [9.17, 15) is 18.0 Å². The van der Waals surface area contributed by atoms with Crippen LogP contribution in [0.25, 0.3) is 0 Å². The number of halogens is 3. The van der Waals surface area contributed by atoms with Gasteiger partial charge in [0, 0.05) is 36.2 Å². The predicted octanol–water partition coefficient (Wildman–Crippen LogP) is 2.39. The number of rotatable bonds is 4. The molecule has 116 valence electrons. The Kier molecular flexibility index (Phi) is 5.94. The average Bonchev–Trinajstić information content (AvgIpc) is 2.25. The third kappa shape index (κ3) is 5.75. The highest BCUT2D eigenvalue weighted by Gasteiger charge is 2.32. The normalized spacial score (nSPS) is 19.9. The van der Waals surface area contributed by atoms with E-state index in [0.717, 1.165) is 16.4 Å². The summed E-state index contributed by atoms with van der Waals surface area (Å²) in [4.78, 5) is 15.0. The number of hydrogen-bond donors (Lipinski definition) is 0. The van der Waals surface area contributed by atoms with Crippen LogP contribution in [0.4, 0.5) is 13.2 Å². The lowest BCUT2D eigenvalue weighted by molar-refractivity contribution is -0.141. The van der Waals surface area contributed by atoms with Crippen LogP contribution in [0.15, 0.2) is 12.2 Å². The van der Waals surface area contributed by atoms with E-state index in [-0.39, 0.29) is 18.0 Å². The molecule has 1 aliphatic heterocycles. The Morgan fingerprint density at radius 1 is 1.45 bits per heavy atom. The van der Waals surface area contributed by atoms with Crippen molar-refractivity contribution in [1.82, 2.24) is 9.80 Å². The average molecular weight is 310 g/mol. The summed E-state index contributed by atoms with van der Waals surface area (Å²) in [7, 11) is 1.38. The maximum Gasteiger partial charge on any atom is 0.401 e. The summed E-state index contributed by atoms with van der Waals surface area (Å²) >= 11 is 1.81. The summed E-state index contributed by atoms with van der Waals surface area (Å²) in [5, 5.41) is 0. The van der Waals surface area contributed by atoms with Crippen molar-refractivity contribution in [2.45, 2.75) is 25.6 Å². The molecule has 0 radical (unpaired) electrons. The fourth-order valence-corrected chi connectivity index (χ4v) is 3.17. The van der Waals surface area contributed by atoms with Gasteiger partial charge in [-0.05, 0) is 20.9 Å². The summed E-state index contributed by atoms with van der Waals surface area (Å²) in [5.41, 5.74) is -0.206. The Morgan fingerprint density at radius 2 is 2.10 bits per heavy atom. The molecular weight excluding hydrogens is 289 g/mol. The molecule has 0 aromatic rings. The Morgan fingerprint density at radius 3 is 2.65 bits per heavy atom. The highest BCUT2D eigenvalue weighted by molar-refractivity contribution is 7.99. The van der Waals surface area contributed by atoms with Gasteiger partial charge in [-0.25, -0.2) is 0 Å². The minimum absolute atomic E-state index is 0.105. The van der Waals surface area contributed by atoms with Gasteiger partial charge in [-0.3, -0.25) is 9.69 Å². The zero-order chi connectivity index (χ0) is 15.4. The van der Waals surface area contributed by atoms with E-state index in [4.69, 9.17) is 0 Å². The maximum atomic E-state index is 12.1. The second-order valence-corrected chi connectivity index (χ2v) is 6.67. The van der Waals surface area contributed by atoms with E-state index >= 15 is 0 Å². The van der Waals surface area contributed by atoms with Crippen molar-refractivity contribution < 1.29 is 18.0 Å². The lowest BCUT2D eigenvalue weighted by Gasteiger charge is -2.41. The summed E-state index contributed by atoms with van der Waals surface area (Å²) in [6, 6.07) is 0. The molecule has 0 spiro atoms. The summed E-state index contributed by atoms with van der Waals surface area (Å²) < 4.78 is 36.4. The van der Waals surface area contributed by atoms with Crippen molar-refractivity contribution >= 4 is 17.7 Å². The zero-order valence-corrected chi connectivity index (χ0v) is 12.9. The van der Waals surface area contributed by atoms with E-state index in [1.165, 1.54) is 19.2 Å². The lowest BCUT2D eigenvalue weighted by atomic mass is 10.1. The molecule has 0 N–H and O–H groups in total. The second-order valence-electron chi connectivity index (χ2n) is 5.57. The summed E-state index contributed by atoms with van der Waals surface area (Å²) in [6.45, 7) is 3.81. The van der Waals surface area contributed by atoms with Crippen LogP contribution in [0.1, 0.15) is 13.8 Å². The molecule has 1 saturated heterocycles. The lowest BCUT2D eigenvalue weighted by Crippen LogP contribution is -2.52. The van der Waals surface area contributed by atoms with Gasteiger partial charge in [0.15, 0.2) is 0 Å². The largest absolute Gasteiger partial charge is 0.401 e. The van der Waals surface area contributed by atoms with Crippen LogP contribution in [-0.2, 0) is 4.79 Å². The molecule has 7 heteroatoms. The summed E-state index contributed by atoms with van der Waals surface area (Å²) in [6.07, 6.45) is -1.34. The van der Waals surface area contributed by atoms with Crippen molar-refractivity contribution in [3.63, 3.8) is 0 Å². The van der Waals surface area contributed by atoms with Gasteiger partial charge in [0.05, 0.1) is 6.54 Å². The quantitative estimate of drug-likeness (QED) is 0.745. The van der Waals surface area contributed by atoms with Crippen molar-refractivity contribution in [3.05, 3.63) is 12.2 Å². The maximum absolute atomic E-state index is 12.1. The van der Waals surface area contributed by atoms with E-state index < -0.39 is 12.7 Å². The minimum Gasteiger partial charge on any atom is -0.332 e. The highest BCUT2D eigenvalue weighted by atomic mass is 32.2. The molecule has 3 nitrogen and oxygen atoms in total. The number of thioether (sulfide) groups is 1. The van der Waals surface area contributed by atoms with Gasteiger partial charge in [-0.1, -0.05) is 6.08 Å². The monoisotopic (exact) mass is 310 g/mol. The predicted molar refractivity (Wildman–Crippen MR) is 75.8 cm³/mol. The zero-order valence-electron chi connectivity index (χ0n) is 12.0. The third-order valence-corrected chi connectivity index (χ3v) is 4.42. The van der Waals surface area contributed by atoms with Crippen molar-refractivity contribution in [2.75, 3.05) is 38.2 Å². The van der Waals surface area contributed by atoms with Crippen LogP contribution in [0.5, 0.6) is 0 Å². The van der Waals surface area contributed by atoms with Gasteiger partial charge in [0.1, 0.15) is 0 Å². The first-order valence-electron chi connectivity index (χ1n) is 6.43. The number of carbonyl (C=O) groups excluding carboxylic acids is 1. The number of hydrogen-bond acceptors (Lipinski definition) is 3. The minimum atomic E-state index is -4.21. The van der Waals surface area contributed by atoms with Crippen molar-refractivity contribution in [2.24, 2.45) is 0 Å². The van der Waals surface area contributed by atoms with Crippen LogP contribution < -0.4 is 0 Å². The van der Waals surface area contributed by atoms with Gasteiger partial charge >= 0.3 is 6.18 Å². The van der Waals surface area contributed by atoms with E-state index in [2.05, 4.69) is 0 Å². The van der Waals surface area contributed by atoms with Gasteiger partial charge < -0.3 is 4.90 Å². The third-order valence-electron chi connectivity index (χ3n) is 3.04. The molecule has 1 amide bonds. The highest BCUT2D eigenvalue weighted by Crippen LogP contribution is 2.26. The molecule has 20 heavy (non-hydrogen) atoms. The van der Waals surface area contributed by atoms with Crippen molar-refractivity contribution in [1.29, 1.82) is 0 Å². The van der Waals surface area contributed by atoms with Gasteiger partial charge in [-0.15, -0.1) is 0 Å². The van der Waals surface area contributed by atoms with Crippen molar-refractivity contribution in [3.8, 4) is 0 Å². The number of carbonyl (C=O) groups is 1. The van der Waals surface area contributed by atoms with Gasteiger partial charge in [0.2, 0.25) is 5.91 Å². The molecule has 0 bridgehead atoms. The van der Waals surface area contributed by atoms with Gasteiger partial charge in [0.25, 0.3) is 0 Å². The first-order valence-corrected chi connectivity index (χ1v) is 7.58. The molecule has 0 aromatic heterocycles. The van der Waals surface area contributed by atoms with Crippen LogP contribution in [0.2, 0.25) is 0 Å². The molecule has 0 unspecified atom stereocenters. The van der Waals surface area contributed by atoms with E-state index in [0.29, 0.717) is 6.54 Å². The standard InChI is InChI=1S/C13H21F3N2OS/c1-12(2)10-20-8-7-18(12)11(19)5-4-6-17(3)9-13(14,15)16/h4-5H,6-10H2,1-3H3/b5-4+. The van der Waals surface area contributed by atoms with E-state index in [1.807, 2.05) is 13.8 Å². The molecule has 0 aliphatic carbocycles.